The van der Waals surface area contributed by atoms with Crippen LogP contribution in [0.2, 0.25) is 0 Å². The van der Waals surface area contributed by atoms with E-state index in [2.05, 4.69) is 25.5 Å². The van der Waals surface area contributed by atoms with Crippen LogP contribution in [0.4, 0.5) is 0 Å². The van der Waals surface area contributed by atoms with E-state index >= 15 is 0 Å². The van der Waals surface area contributed by atoms with E-state index in [0.717, 1.165) is 0 Å². The number of aromatic nitrogens is 4. The molecule has 0 saturated heterocycles. The number of benzene rings is 1. The summed E-state index contributed by atoms with van der Waals surface area (Å²) in [4.78, 5) is 30.7. The van der Waals surface area contributed by atoms with E-state index < -0.39 is 0 Å². The first-order valence-electron chi connectivity index (χ1n) is 5.98. The molecule has 20 heavy (non-hydrogen) atoms. The van der Waals surface area contributed by atoms with E-state index in [-0.39, 0.29) is 23.6 Å². The minimum absolute atomic E-state index is 0.191. The lowest BCUT2D eigenvalue weighted by Gasteiger charge is -2.05. The van der Waals surface area contributed by atoms with Crippen molar-refractivity contribution in [1.82, 2.24) is 25.5 Å². The highest BCUT2D eigenvalue weighted by Crippen LogP contribution is 2.07. The Kier molecular flexibility index (Phi) is 3.00. The number of amides is 1. The Morgan fingerprint density at radius 1 is 1.30 bits per heavy atom. The van der Waals surface area contributed by atoms with Gasteiger partial charge in [-0.2, -0.15) is 5.10 Å². The molecule has 0 atom stereocenters. The van der Waals surface area contributed by atoms with Crippen LogP contribution in [0.5, 0.6) is 0 Å². The number of carbonyl (C=O) groups is 1. The molecule has 3 N–H and O–H groups in total. The van der Waals surface area contributed by atoms with Crippen LogP contribution in [0, 0.1) is 0 Å². The van der Waals surface area contributed by atoms with Crippen molar-refractivity contribution in [3.8, 4) is 0 Å². The van der Waals surface area contributed by atoms with Crippen LogP contribution in [0.1, 0.15) is 16.3 Å². The average Bonchev–Trinajstić information content (AvgIpc) is 2.98. The highest BCUT2D eigenvalue weighted by atomic mass is 16.2. The molecule has 1 aromatic carbocycles. The Balaban J connectivity index is 1.86. The van der Waals surface area contributed by atoms with Crippen molar-refractivity contribution < 1.29 is 4.79 Å². The summed E-state index contributed by atoms with van der Waals surface area (Å²) in [6, 6.07) is 8.34. The topological polar surface area (TPSA) is 104 Å². The van der Waals surface area contributed by atoms with E-state index in [1.165, 1.54) is 12.4 Å². The van der Waals surface area contributed by atoms with E-state index in [1.807, 2.05) is 0 Å². The average molecular weight is 269 g/mol. The number of nitrogens with zero attached hydrogens (tertiary/aromatic N) is 2. The normalized spacial score (nSPS) is 10.6. The van der Waals surface area contributed by atoms with Crippen LogP contribution in [-0.2, 0) is 6.54 Å². The van der Waals surface area contributed by atoms with Gasteiger partial charge >= 0.3 is 0 Å². The molecule has 0 aliphatic heterocycles. The predicted molar refractivity (Wildman–Crippen MR) is 72.1 cm³/mol. The SMILES string of the molecule is O=C(NCc1ncn[nH]1)c1cc(=O)c2ccccc2[nH]1. The number of fused-ring (bicyclic) bond motifs is 1. The number of rotatable bonds is 3. The first-order chi connectivity index (χ1) is 9.74. The standard InChI is InChI=1S/C13H11N5O2/c19-11-5-10(17-9-4-2-1-3-8(9)11)13(20)14-6-12-15-7-16-18-12/h1-5,7H,6H2,(H,14,20)(H,17,19)(H,15,16,18). The molecule has 0 bridgehead atoms. The third-order valence-electron chi connectivity index (χ3n) is 2.86. The number of nitrogens with one attached hydrogen (secondary N) is 3. The monoisotopic (exact) mass is 269 g/mol. The third-order valence-corrected chi connectivity index (χ3v) is 2.86. The van der Waals surface area contributed by atoms with E-state index in [1.54, 1.807) is 24.3 Å². The second-order valence-corrected chi connectivity index (χ2v) is 4.21. The summed E-state index contributed by atoms with van der Waals surface area (Å²) in [5, 5.41) is 9.53. The minimum Gasteiger partial charge on any atom is -0.350 e. The Hall–Kier alpha value is -2.96. The lowest BCUT2D eigenvalue weighted by Crippen LogP contribution is -2.25. The maximum Gasteiger partial charge on any atom is 0.268 e. The lowest BCUT2D eigenvalue weighted by atomic mass is 10.2. The van der Waals surface area contributed by atoms with Gasteiger partial charge in [-0.05, 0) is 12.1 Å². The van der Waals surface area contributed by atoms with Crippen LogP contribution < -0.4 is 10.7 Å². The number of aromatic amines is 2. The van der Waals surface area contributed by atoms with Crippen molar-refractivity contribution in [1.29, 1.82) is 0 Å². The highest BCUT2D eigenvalue weighted by Gasteiger charge is 2.09. The van der Waals surface area contributed by atoms with Crippen LogP contribution in [0.15, 0.2) is 41.5 Å². The van der Waals surface area contributed by atoms with Gasteiger partial charge in [0.15, 0.2) is 5.43 Å². The molecule has 0 aliphatic carbocycles. The molecule has 7 heteroatoms. The fourth-order valence-electron chi connectivity index (χ4n) is 1.89. The Labute approximate surface area is 113 Å². The van der Waals surface area contributed by atoms with Crippen LogP contribution in [-0.4, -0.2) is 26.1 Å². The molecule has 100 valence electrons. The number of H-pyrrole nitrogens is 2. The van der Waals surface area contributed by atoms with Gasteiger partial charge in [0.1, 0.15) is 17.8 Å². The van der Waals surface area contributed by atoms with Crippen molar-refractivity contribution in [3.05, 3.63) is 58.4 Å². The van der Waals surface area contributed by atoms with E-state index in [0.29, 0.717) is 16.7 Å². The maximum absolute atomic E-state index is 12.0. The van der Waals surface area contributed by atoms with Gasteiger partial charge in [0.05, 0.1) is 6.54 Å². The molecule has 0 fully saturated rings. The van der Waals surface area contributed by atoms with Gasteiger partial charge in [-0.25, -0.2) is 4.98 Å². The van der Waals surface area contributed by atoms with Gasteiger partial charge < -0.3 is 10.3 Å². The van der Waals surface area contributed by atoms with Crippen LogP contribution in [0.25, 0.3) is 10.9 Å². The van der Waals surface area contributed by atoms with Gasteiger partial charge in [0.25, 0.3) is 5.91 Å². The summed E-state index contributed by atoms with van der Waals surface area (Å²) < 4.78 is 0. The number of pyridine rings is 1. The van der Waals surface area contributed by atoms with Crippen LogP contribution in [0.3, 0.4) is 0 Å². The molecule has 0 spiro atoms. The van der Waals surface area contributed by atoms with Gasteiger partial charge in [-0.15, -0.1) is 0 Å². The molecule has 0 aliphatic rings. The second kappa shape index (κ2) is 4.96. The zero-order valence-electron chi connectivity index (χ0n) is 10.4. The molecule has 2 heterocycles. The predicted octanol–water partition coefficient (Wildman–Crippen LogP) is 0.576. The Morgan fingerprint density at radius 2 is 2.15 bits per heavy atom. The summed E-state index contributed by atoms with van der Waals surface area (Å²) in [6.45, 7) is 0.216. The molecule has 3 aromatic rings. The maximum atomic E-state index is 12.0. The van der Waals surface area contributed by atoms with Gasteiger partial charge in [-0.1, -0.05) is 12.1 Å². The second-order valence-electron chi connectivity index (χ2n) is 4.21. The molecule has 0 radical (unpaired) electrons. The number of hydrogen-bond donors (Lipinski definition) is 3. The van der Waals surface area contributed by atoms with Gasteiger partial charge in [0.2, 0.25) is 0 Å². The highest BCUT2D eigenvalue weighted by molar-refractivity contribution is 5.94. The molecule has 7 nitrogen and oxygen atoms in total. The Bertz CT molecular complexity index is 807. The smallest absolute Gasteiger partial charge is 0.268 e. The molecule has 0 unspecified atom stereocenters. The fraction of sp³-hybridized carbons (Fsp3) is 0.0769. The summed E-state index contributed by atoms with van der Waals surface area (Å²) in [7, 11) is 0. The summed E-state index contributed by atoms with van der Waals surface area (Å²) >= 11 is 0. The fourth-order valence-corrected chi connectivity index (χ4v) is 1.89. The van der Waals surface area contributed by atoms with Crippen molar-refractivity contribution in [2.75, 3.05) is 0 Å². The van der Waals surface area contributed by atoms with Crippen molar-refractivity contribution in [3.63, 3.8) is 0 Å². The lowest BCUT2D eigenvalue weighted by molar-refractivity contribution is 0.0945. The van der Waals surface area contributed by atoms with E-state index in [4.69, 9.17) is 0 Å². The minimum atomic E-state index is -0.371. The summed E-state index contributed by atoms with van der Waals surface area (Å²) in [5.41, 5.74) is 0.655. The summed E-state index contributed by atoms with van der Waals surface area (Å²) in [6.07, 6.45) is 1.36. The molecular formula is C13H11N5O2. The van der Waals surface area contributed by atoms with Crippen molar-refractivity contribution in [2.45, 2.75) is 6.54 Å². The number of para-hydroxylation sites is 1. The van der Waals surface area contributed by atoms with Crippen LogP contribution >= 0.6 is 0 Å². The van der Waals surface area contributed by atoms with Gasteiger partial charge in [0, 0.05) is 17.0 Å². The van der Waals surface area contributed by atoms with E-state index in [9.17, 15) is 9.59 Å². The first kappa shape index (κ1) is 12.1. The number of hydrogen-bond acceptors (Lipinski definition) is 4. The van der Waals surface area contributed by atoms with Crippen molar-refractivity contribution >= 4 is 16.8 Å². The molecule has 2 aromatic heterocycles. The Morgan fingerprint density at radius 3 is 2.95 bits per heavy atom. The molecular weight excluding hydrogens is 258 g/mol. The quantitative estimate of drug-likeness (QED) is 0.646. The van der Waals surface area contributed by atoms with Crippen molar-refractivity contribution in [2.24, 2.45) is 0 Å². The zero-order chi connectivity index (χ0) is 13.9. The first-order valence-corrected chi connectivity index (χ1v) is 5.98. The summed E-state index contributed by atoms with van der Waals surface area (Å²) in [5.74, 6) is 0.172. The third kappa shape index (κ3) is 2.28. The molecule has 1 amide bonds. The zero-order valence-corrected chi connectivity index (χ0v) is 10.4. The molecule has 3 rings (SSSR count). The largest absolute Gasteiger partial charge is 0.350 e. The van der Waals surface area contributed by atoms with Gasteiger partial charge in [-0.3, -0.25) is 14.7 Å². The molecule has 0 saturated carbocycles. The number of carbonyl (C=O) groups excluding carboxylic acids is 1.